The van der Waals surface area contributed by atoms with Crippen LogP contribution in [-0.4, -0.2) is 21.0 Å². The molecular formula is C16H12N2O2S. The monoisotopic (exact) mass is 296 g/mol. The van der Waals surface area contributed by atoms with E-state index < -0.39 is 5.97 Å². The van der Waals surface area contributed by atoms with Crippen LogP contribution in [-0.2, 0) is 5.75 Å². The number of rotatable bonds is 4. The number of carboxylic acids is 1. The molecule has 0 spiro atoms. The molecule has 0 radical (unpaired) electrons. The lowest BCUT2D eigenvalue weighted by molar-refractivity contribution is 0.0696. The number of thioether (sulfide) groups is 1. The second-order valence-corrected chi connectivity index (χ2v) is 5.47. The van der Waals surface area contributed by atoms with Crippen LogP contribution in [0.1, 0.15) is 16.1 Å². The molecule has 0 aliphatic heterocycles. The zero-order valence-corrected chi connectivity index (χ0v) is 11.9. The minimum absolute atomic E-state index is 0.249. The number of hydrogen-bond acceptors (Lipinski definition) is 4. The fourth-order valence-electron chi connectivity index (χ4n) is 1.96. The van der Waals surface area contributed by atoms with E-state index >= 15 is 0 Å². The zero-order valence-electron chi connectivity index (χ0n) is 11.1. The highest BCUT2D eigenvalue weighted by Crippen LogP contribution is 2.22. The fourth-order valence-corrected chi connectivity index (χ4v) is 2.76. The highest BCUT2D eigenvalue weighted by atomic mass is 32.2. The van der Waals surface area contributed by atoms with E-state index in [0.29, 0.717) is 10.8 Å². The van der Waals surface area contributed by atoms with Gasteiger partial charge in [0, 0.05) is 17.3 Å². The molecule has 104 valence electrons. The largest absolute Gasteiger partial charge is 0.478 e. The van der Waals surface area contributed by atoms with Gasteiger partial charge in [0.15, 0.2) is 0 Å². The minimum atomic E-state index is -0.942. The maximum absolute atomic E-state index is 10.9. The summed E-state index contributed by atoms with van der Waals surface area (Å²) < 4.78 is 0. The molecule has 21 heavy (non-hydrogen) atoms. The molecule has 2 aromatic heterocycles. The lowest BCUT2D eigenvalue weighted by atomic mass is 10.2. The Hall–Kier alpha value is -2.40. The van der Waals surface area contributed by atoms with Crippen molar-refractivity contribution in [2.75, 3.05) is 0 Å². The van der Waals surface area contributed by atoms with Crippen LogP contribution in [0, 0.1) is 0 Å². The molecular weight excluding hydrogens is 284 g/mol. The maximum Gasteiger partial charge on any atom is 0.335 e. The van der Waals surface area contributed by atoms with Crippen molar-refractivity contribution in [1.29, 1.82) is 0 Å². The average Bonchev–Trinajstić information content (AvgIpc) is 2.53. The summed E-state index contributed by atoms with van der Waals surface area (Å²) in [4.78, 5) is 19.7. The Morgan fingerprint density at radius 2 is 2.00 bits per heavy atom. The number of carbonyl (C=O) groups is 1. The highest BCUT2D eigenvalue weighted by molar-refractivity contribution is 7.98. The Kier molecular flexibility index (Phi) is 3.83. The van der Waals surface area contributed by atoms with Crippen molar-refractivity contribution < 1.29 is 9.90 Å². The summed E-state index contributed by atoms with van der Waals surface area (Å²) in [5, 5.41) is 10.8. The second kappa shape index (κ2) is 5.93. The molecule has 0 aliphatic rings. The van der Waals surface area contributed by atoms with Gasteiger partial charge in [0.1, 0.15) is 0 Å². The van der Waals surface area contributed by atoms with Crippen molar-refractivity contribution in [3.8, 4) is 0 Å². The molecule has 5 heteroatoms. The minimum Gasteiger partial charge on any atom is -0.478 e. The molecule has 0 bridgehead atoms. The summed E-state index contributed by atoms with van der Waals surface area (Å²) in [6.45, 7) is 0. The Balaban J connectivity index is 1.77. The van der Waals surface area contributed by atoms with Crippen LogP contribution in [0.3, 0.4) is 0 Å². The van der Waals surface area contributed by atoms with Gasteiger partial charge in [0.2, 0.25) is 0 Å². The van der Waals surface area contributed by atoms with E-state index in [1.165, 1.54) is 24.0 Å². The van der Waals surface area contributed by atoms with Crippen molar-refractivity contribution in [2.45, 2.75) is 10.8 Å². The molecule has 0 saturated heterocycles. The van der Waals surface area contributed by atoms with Crippen molar-refractivity contribution >= 4 is 28.6 Å². The topological polar surface area (TPSA) is 63.1 Å². The van der Waals surface area contributed by atoms with E-state index in [0.717, 1.165) is 16.6 Å². The van der Waals surface area contributed by atoms with E-state index in [-0.39, 0.29) is 5.56 Å². The quantitative estimate of drug-likeness (QED) is 0.745. The number of aromatic carboxylic acids is 1. The molecule has 0 amide bonds. The van der Waals surface area contributed by atoms with Crippen LogP contribution in [0.2, 0.25) is 0 Å². The molecule has 0 aliphatic carbocycles. The molecule has 2 heterocycles. The zero-order chi connectivity index (χ0) is 14.7. The number of pyridine rings is 2. The van der Waals surface area contributed by atoms with Crippen molar-refractivity contribution in [3.05, 3.63) is 66.0 Å². The third-order valence-electron chi connectivity index (χ3n) is 3.01. The molecule has 3 rings (SSSR count). The van der Waals surface area contributed by atoms with Crippen molar-refractivity contribution in [2.24, 2.45) is 0 Å². The van der Waals surface area contributed by atoms with E-state index in [2.05, 4.69) is 9.97 Å². The number of carboxylic acid groups (broad SMARTS) is 1. The predicted octanol–water partition coefficient (Wildman–Crippen LogP) is 3.62. The first-order valence-corrected chi connectivity index (χ1v) is 7.38. The van der Waals surface area contributed by atoms with Gasteiger partial charge in [-0.25, -0.2) is 9.78 Å². The summed E-state index contributed by atoms with van der Waals surface area (Å²) >= 11 is 1.48. The summed E-state index contributed by atoms with van der Waals surface area (Å²) in [6, 6.07) is 15.0. The molecule has 0 unspecified atom stereocenters. The van der Waals surface area contributed by atoms with E-state index in [9.17, 15) is 4.79 Å². The van der Waals surface area contributed by atoms with E-state index in [1.807, 2.05) is 36.4 Å². The molecule has 0 saturated carbocycles. The van der Waals surface area contributed by atoms with Crippen LogP contribution in [0.25, 0.3) is 10.9 Å². The second-order valence-electron chi connectivity index (χ2n) is 4.47. The SMILES string of the molecule is O=C(O)c1ccnc(SCc2ccc3ccccc3n2)c1. The normalized spacial score (nSPS) is 10.7. The van der Waals surface area contributed by atoms with Gasteiger partial charge in [-0.1, -0.05) is 24.3 Å². The number of para-hydroxylation sites is 1. The van der Waals surface area contributed by atoms with Crippen molar-refractivity contribution in [1.82, 2.24) is 9.97 Å². The van der Waals surface area contributed by atoms with Crippen LogP contribution in [0.4, 0.5) is 0 Å². The molecule has 1 aromatic carbocycles. The fraction of sp³-hybridized carbons (Fsp3) is 0.0625. The predicted molar refractivity (Wildman–Crippen MR) is 82.5 cm³/mol. The van der Waals surface area contributed by atoms with Crippen LogP contribution in [0.5, 0.6) is 0 Å². The lowest BCUT2D eigenvalue weighted by Gasteiger charge is -2.03. The third-order valence-corrected chi connectivity index (χ3v) is 3.96. The first-order chi connectivity index (χ1) is 10.2. The summed E-state index contributed by atoms with van der Waals surface area (Å²) in [5.74, 6) is -0.288. The Bertz CT molecular complexity index is 805. The molecule has 4 nitrogen and oxygen atoms in total. The van der Waals surface area contributed by atoms with Gasteiger partial charge >= 0.3 is 5.97 Å². The smallest absolute Gasteiger partial charge is 0.335 e. The van der Waals surface area contributed by atoms with Crippen LogP contribution < -0.4 is 0 Å². The molecule has 0 fully saturated rings. The van der Waals surface area contributed by atoms with Gasteiger partial charge in [-0.15, -0.1) is 11.8 Å². The summed E-state index contributed by atoms with van der Waals surface area (Å²) in [7, 11) is 0. The maximum atomic E-state index is 10.9. The van der Waals surface area contributed by atoms with Crippen molar-refractivity contribution in [3.63, 3.8) is 0 Å². The van der Waals surface area contributed by atoms with Crippen LogP contribution >= 0.6 is 11.8 Å². The Morgan fingerprint density at radius 3 is 2.86 bits per heavy atom. The van der Waals surface area contributed by atoms with Gasteiger partial charge in [0.25, 0.3) is 0 Å². The van der Waals surface area contributed by atoms with Gasteiger partial charge in [-0.3, -0.25) is 4.98 Å². The van der Waals surface area contributed by atoms with Gasteiger partial charge in [-0.2, -0.15) is 0 Å². The third kappa shape index (κ3) is 3.20. The molecule has 3 aromatic rings. The van der Waals surface area contributed by atoms with Crippen LogP contribution in [0.15, 0.2) is 59.8 Å². The average molecular weight is 296 g/mol. The number of benzene rings is 1. The van der Waals surface area contributed by atoms with E-state index in [4.69, 9.17) is 5.11 Å². The summed E-state index contributed by atoms with van der Waals surface area (Å²) in [5.41, 5.74) is 2.16. The van der Waals surface area contributed by atoms with Gasteiger partial charge < -0.3 is 5.11 Å². The van der Waals surface area contributed by atoms with Gasteiger partial charge in [0.05, 0.1) is 21.8 Å². The number of nitrogens with zero attached hydrogens (tertiary/aromatic N) is 2. The molecule has 1 N–H and O–H groups in total. The van der Waals surface area contributed by atoms with Gasteiger partial charge in [-0.05, 0) is 24.3 Å². The first kappa shape index (κ1) is 13.6. The first-order valence-electron chi connectivity index (χ1n) is 6.39. The summed E-state index contributed by atoms with van der Waals surface area (Å²) in [6.07, 6.45) is 1.51. The Morgan fingerprint density at radius 1 is 1.14 bits per heavy atom. The Labute approximate surface area is 125 Å². The highest BCUT2D eigenvalue weighted by Gasteiger charge is 2.05. The standard InChI is InChI=1S/C16H12N2O2S/c19-16(20)12-7-8-17-15(9-12)21-10-13-6-5-11-3-1-2-4-14(11)18-13/h1-9H,10H2,(H,19,20). The number of hydrogen-bond donors (Lipinski definition) is 1. The number of fused-ring (bicyclic) bond motifs is 1. The van der Waals surface area contributed by atoms with E-state index in [1.54, 1.807) is 6.07 Å². The molecule has 0 atom stereocenters. The number of aromatic nitrogens is 2. The lowest BCUT2D eigenvalue weighted by Crippen LogP contribution is -1.97.